The van der Waals surface area contributed by atoms with Crippen molar-refractivity contribution in [3.05, 3.63) is 29.8 Å². The van der Waals surface area contributed by atoms with Crippen LogP contribution >= 0.6 is 0 Å². The van der Waals surface area contributed by atoms with Crippen LogP contribution in [0.15, 0.2) is 24.3 Å². The SMILES string of the molecule is COc1ccc(C(=O)NCC(=O)OCC(C)=O)cc1. The van der Waals surface area contributed by atoms with Crippen LogP contribution in [0.1, 0.15) is 17.3 Å². The lowest BCUT2D eigenvalue weighted by Gasteiger charge is -2.06. The number of ketones is 1. The Morgan fingerprint density at radius 1 is 1.16 bits per heavy atom. The molecule has 0 aromatic heterocycles. The van der Waals surface area contributed by atoms with E-state index in [1.54, 1.807) is 24.3 Å². The van der Waals surface area contributed by atoms with E-state index in [4.69, 9.17) is 4.74 Å². The van der Waals surface area contributed by atoms with Crippen molar-refractivity contribution >= 4 is 17.7 Å². The third-order valence-corrected chi connectivity index (χ3v) is 2.18. The van der Waals surface area contributed by atoms with Crippen LogP contribution in [0.3, 0.4) is 0 Å². The first-order valence-corrected chi connectivity index (χ1v) is 5.60. The Labute approximate surface area is 110 Å². The lowest BCUT2D eigenvalue weighted by molar-refractivity contribution is -0.146. The van der Waals surface area contributed by atoms with Crippen LogP contribution < -0.4 is 10.1 Å². The molecule has 0 radical (unpaired) electrons. The Bertz CT molecular complexity index is 466. The van der Waals surface area contributed by atoms with Gasteiger partial charge in [0.05, 0.1) is 7.11 Å². The Balaban J connectivity index is 2.42. The third kappa shape index (κ3) is 5.20. The number of rotatable bonds is 6. The highest BCUT2D eigenvalue weighted by atomic mass is 16.5. The molecular weight excluding hydrogens is 250 g/mol. The van der Waals surface area contributed by atoms with Crippen LogP contribution in [0.25, 0.3) is 0 Å². The zero-order valence-electron chi connectivity index (χ0n) is 10.8. The molecule has 0 aliphatic rings. The van der Waals surface area contributed by atoms with Crippen molar-refractivity contribution in [2.24, 2.45) is 0 Å². The molecule has 1 rings (SSSR count). The molecule has 0 aliphatic heterocycles. The molecule has 102 valence electrons. The molecule has 0 atom stereocenters. The number of benzene rings is 1. The quantitative estimate of drug-likeness (QED) is 0.760. The number of methoxy groups -OCH3 is 1. The van der Waals surface area contributed by atoms with Gasteiger partial charge in [-0.3, -0.25) is 14.4 Å². The van der Waals surface area contributed by atoms with Crippen LogP contribution in [0.2, 0.25) is 0 Å². The smallest absolute Gasteiger partial charge is 0.325 e. The number of hydrogen-bond donors (Lipinski definition) is 1. The summed E-state index contributed by atoms with van der Waals surface area (Å²) >= 11 is 0. The lowest BCUT2D eigenvalue weighted by atomic mass is 10.2. The van der Waals surface area contributed by atoms with Gasteiger partial charge in [0, 0.05) is 5.56 Å². The molecule has 0 bridgehead atoms. The van der Waals surface area contributed by atoms with E-state index in [1.165, 1.54) is 14.0 Å². The zero-order chi connectivity index (χ0) is 14.3. The Morgan fingerprint density at radius 3 is 2.32 bits per heavy atom. The Hall–Kier alpha value is -2.37. The Kier molecular flexibility index (Phi) is 5.53. The van der Waals surface area contributed by atoms with Gasteiger partial charge in [-0.05, 0) is 31.2 Å². The van der Waals surface area contributed by atoms with Crippen molar-refractivity contribution in [1.29, 1.82) is 0 Å². The van der Waals surface area contributed by atoms with Crippen molar-refractivity contribution in [2.45, 2.75) is 6.92 Å². The number of hydrogen-bond acceptors (Lipinski definition) is 5. The zero-order valence-corrected chi connectivity index (χ0v) is 10.8. The van der Waals surface area contributed by atoms with Gasteiger partial charge in [0.25, 0.3) is 5.91 Å². The summed E-state index contributed by atoms with van der Waals surface area (Å²) in [5.41, 5.74) is 0.403. The highest BCUT2D eigenvalue weighted by Crippen LogP contribution is 2.10. The monoisotopic (exact) mass is 265 g/mol. The van der Waals surface area contributed by atoms with Crippen molar-refractivity contribution in [3.8, 4) is 5.75 Å². The fourth-order valence-electron chi connectivity index (χ4n) is 1.23. The van der Waals surface area contributed by atoms with Gasteiger partial charge in [0.1, 0.15) is 18.9 Å². The average molecular weight is 265 g/mol. The molecule has 0 fully saturated rings. The second kappa shape index (κ2) is 7.15. The van der Waals surface area contributed by atoms with Gasteiger partial charge < -0.3 is 14.8 Å². The minimum absolute atomic E-state index is 0.255. The van der Waals surface area contributed by atoms with Crippen molar-refractivity contribution < 1.29 is 23.9 Å². The van der Waals surface area contributed by atoms with E-state index in [0.717, 1.165) is 0 Å². The molecule has 0 heterocycles. The summed E-state index contributed by atoms with van der Waals surface area (Å²) in [6, 6.07) is 6.44. The highest BCUT2D eigenvalue weighted by molar-refractivity contribution is 5.96. The summed E-state index contributed by atoms with van der Waals surface area (Å²) in [5.74, 6) is -0.674. The number of nitrogens with one attached hydrogen (secondary N) is 1. The van der Waals surface area contributed by atoms with E-state index in [1.807, 2.05) is 0 Å². The Morgan fingerprint density at radius 2 is 1.79 bits per heavy atom. The van der Waals surface area contributed by atoms with Gasteiger partial charge in [-0.2, -0.15) is 0 Å². The molecule has 6 heteroatoms. The molecule has 1 N–H and O–H groups in total. The van der Waals surface area contributed by atoms with E-state index >= 15 is 0 Å². The van der Waals surface area contributed by atoms with Gasteiger partial charge >= 0.3 is 5.97 Å². The van der Waals surface area contributed by atoms with Crippen LogP contribution in [0, 0.1) is 0 Å². The van der Waals surface area contributed by atoms with Gasteiger partial charge in [-0.1, -0.05) is 0 Å². The molecule has 1 amide bonds. The molecule has 0 saturated heterocycles. The van der Waals surface area contributed by atoms with Crippen LogP contribution in [-0.4, -0.2) is 37.9 Å². The number of ether oxygens (including phenoxy) is 2. The lowest BCUT2D eigenvalue weighted by Crippen LogP contribution is -2.31. The average Bonchev–Trinajstić information content (AvgIpc) is 2.42. The molecular formula is C13H15NO5. The van der Waals surface area contributed by atoms with Crippen LogP contribution in [0.4, 0.5) is 0 Å². The molecule has 1 aromatic carbocycles. The number of Topliss-reactive ketones (excluding diaryl/α,β-unsaturated/α-hetero) is 1. The molecule has 19 heavy (non-hydrogen) atoms. The molecule has 0 saturated carbocycles. The van der Waals surface area contributed by atoms with Gasteiger partial charge in [-0.15, -0.1) is 0 Å². The van der Waals surface area contributed by atoms with Crippen LogP contribution in [0.5, 0.6) is 5.75 Å². The maximum atomic E-state index is 11.7. The summed E-state index contributed by atoms with van der Waals surface area (Å²) in [6.45, 7) is 0.749. The minimum Gasteiger partial charge on any atom is -0.497 e. The summed E-state index contributed by atoms with van der Waals surface area (Å²) in [4.78, 5) is 33.4. The van der Waals surface area contributed by atoms with Crippen LogP contribution in [-0.2, 0) is 14.3 Å². The standard InChI is InChI=1S/C13H15NO5/c1-9(15)8-19-12(16)7-14-13(17)10-3-5-11(18-2)6-4-10/h3-6H,7-8H2,1-2H3,(H,14,17). The number of carbonyl (C=O) groups excluding carboxylic acids is 3. The maximum Gasteiger partial charge on any atom is 0.325 e. The normalized spacial score (nSPS) is 9.58. The first-order valence-electron chi connectivity index (χ1n) is 5.60. The summed E-state index contributed by atoms with van der Waals surface area (Å²) in [6.07, 6.45) is 0. The predicted octanol–water partition coefficient (Wildman–Crippen LogP) is 0.557. The maximum absolute atomic E-state index is 11.7. The van der Waals surface area contributed by atoms with E-state index < -0.39 is 11.9 Å². The largest absolute Gasteiger partial charge is 0.497 e. The molecule has 0 unspecified atom stereocenters. The first kappa shape index (κ1) is 14.7. The van der Waals surface area contributed by atoms with Crippen molar-refractivity contribution in [1.82, 2.24) is 5.32 Å². The third-order valence-electron chi connectivity index (χ3n) is 2.18. The minimum atomic E-state index is -0.655. The van der Waals surface area contributed by atoms with Gasteiger partial charge in [-0.25, -0.2) is 0 Å². The first-order chi connectivity index (χ1) is 9.02. The molecule has 1 aromatic rings. The summed E-state index contributed by atoms with van der Waals surface area (Å²) < 4.78 is 9.57. The second-order valence-corrected chi connectivity index (χ2v) is 3.77. The molecule has 0 spiro atoms. The van der Waals surface area contributed by atoms with Gasteiger partial charge in [0.2, 0.25) is 0 Å². The van der Waals surface area contributed by atoms with Crippen molar-refractivity contribution in [3.63, 3.8) is 0 Å². The number of esters is 1. The highest BCUT2D eigenvalue weighted by Gasteiger charge is 2.09. The molecule has 6 nitrogen and oxygen atoms in total. The van der Waals surface area contributed by atoms with E-state index in [2.05, 4.69) is 10.1 Å². The van der Waals surface area contributed by atoms with Crippen molar-refractivity contribution in [2.75, 3.05) is 20.3 Å². The summed E-state index contributed by atoms with van der Waals surface area (Å²) in [7, 11) is 1.53. The number of amides is 1. The predicted molar refractivity (Wildman–Crippen MR) is 67.0 cm³/mol. The number of carbonyl (C=O) groups is 3. The van der Waals surface area contributed by atoms with E-state index in [0.29, 0.717) is 11.3 Å². The molecule has 0 aliphatic carbocycles. The van der Waals surface area contributed by atoms with E-state index in [-0.39, 0.29) is 18.9 Å². The van der Waals surface area contributed by atoms with Gasteiger partial charge in [0.15, 0.2) is 5.78 Å². The second-order valence-electron chi connectivity index (χ2n) is 3.77. The fourth-order valence-corrected chi connectivity index (χ4v) is 1.23. The topological polar surface area (TPSA) is 81.7 Å². The van der Waals surface area contributed by atoms with E-state index in [9.17, 15) is 14.4 Å². The fraction of sp³-hybridized carbons (Fsp3) is 0.308. The summed E-state index contributed by atoms with van der Waals surface area (Å²) in [5, 5.41) is 2.39.